The first-order chi connectivity index (χ1) is 10.1. The summed E-state index contributed by atoms with van der Waals surface area (Å²) < 4.78 is 6.43. The SMILES string of the molecule is CN(C)C(CNC(=O)Cc1ccc(Br)cc1)c1ccco1. The minimum absolute atomic E-state index is 0.00993. The Morgan fingerprint density at radius 2 is 2.00 bits per heavy atom. The Morgan fingerprint density at radius 3 is 2.57 bits per heavy atom. The van der Waals surface area contributed by atoms with Crippen LogP contribution in [0.4, 0.5) is 0 Å². The summed E-state index contributed by atoms with van der Waals surface area (Å²) in [6.07, 6.45) is 2.03. The van der Waals surface area contributed by atoms with Crippen molar-refractivity contribution in [2.45, 2.75) is 12.5 Å². The molecule has 1 unspecified atom stereocenters. The maximum absolute atomic E-state index is 12.0. The number of carbonyl (C=O) groups is 1. The van der Waals surface area contributed by atoms with Crippen LogP contribution in [0, 0.1) is 0 Å². The van der Waals surface area contributed by atoms with E-state index in [9.17, 15) is 4.79 Å². The number of rotatable bonds is 6. The Hall–Kier alpha value is -1.59. The largest absolute Gasteiger partial charge is 0.468 e. The highest BCUT2D eigenvalue weighted by molar-refractivity contribution is 9.10. The predicted octanol–water partition coefficient (Wildman–Crippen LogP) is 3.00. The Kier molecular flexibility index (Phi) is 5.59. The van der Waals surface area contributed by atoms with Crippen LogP contribution < -0.4 is 5.32 Å². The molecule has 0 aliphatic heterocycles. The van der Waals surface area contributed by atoms with Crippen LogP contribution in [-0.4, -0.2) is 31.4 Å². The molecule has 0 aliphatic rings. The molecule has 0 radical (unpaired) electrons. The van der Waals surface area contributed by atoms with E-state index in [-0.39, 0.29) is 11.9 Å². The summed E-state index contributed by atoms with van der Waals surface area (Å²) >= 11 is 3.38. The molecular weight excluding hydrogens is 332 g/mol. The van der Waals surface area contributed by atoms with Crippen molar-refractivity contribution < 1.29 is 9.21 Å². The molecule has 1 aromatic heterocycles. The Labute approximate surface area is 133 Å². The van der Waals surface area contributed by atoms with Crippen LogP contribution in [0.5, 0.6) is 0 Å². The lowest BCUT2D eigenvalue weighted by Crippen LogP contribution is -2.35. The molecule has 0 saturated carbocycles. The zero-order valence-electron chi connectivity index (χ0n) is 12.2. The number of nitrogens with zero attached hydrogens (tertiary/aromatic N) is 1. The van der Waals surface area contributed by atoms with Crippen molar-refractivity contribution in [3.05, 3.63) is 58.5 Å². The number of halogens is 1. The average Bonchev–Trinajstić information content (AvgIpc) is 2.95. The molecule has 1 heterocycles. The Morgan fingerprint density at radius 1 is 1.29 bits per heavy atom. The maximum atomic E-state index is 12.0. The fraction of sp³-hybridized carbons (Fsp3) is 0.312. The normalized spacial score (nSPS) is 12.4. The van der Waals surface area contributed by atoms with E-state index in [1.165, 1.54) is 0 Å². The van der Waals surface area contributed by atoms with Crippen molar-refractivity contribution in [3.8, 4) is 0 Å². The Balaban J connectivity index is 1.89. The van der Waals surface area contributed by atoms with Crippen molar-refractivity contribution in [2.75, 3.05) is 20.6 Å². The molecule has 2 rings (SSSR count). The maximum Gasteiger partial charge on any atom is 0.224 e. The van der Waals surface area contributed by atoms with Crippen molar-refractivity contribution in [3.63, 3.8) is 0 Å². The van der Waals surface area contributed by atoms with E-state index in [1.54, 1.807) is 6.26 Å². The first kappa shape index (κ1) is 15.8. The van der Waals surface area contributed by atoms with Gasteiger partial charge in [0.15, 0.2) is 0 Å². The van der Waals surface area contributed by atoms with Gasteiger partial charge in [0.05, 0.1) is 18.7 Å². The van der Waals surface area contributed by atoms with E-state index >= 15 is 0 Å². The molecule has 2 aromatic rings. The summed E-state index contributed by atoms with van der Waals surface area (Å²) in [7, 11) is 3.93. The first-order valence-corrected chi connectivity index (χ1v) is 7.56. The van der Waals surface area contributed by atoms with Gasteiger partial charge in [-0.05, 0) is 43.9 Å². The van der Waals surface area contributed by atoms with Crippen molar-refractivity contribution >= 4 is 21.8 Å². The van der Waals surface area contributed by atoms with E-state index in [2.05, 4.69) is 21.2 Å². The molecule has 4 nitrogen and oxygen atoms in total. The Bertz CT molecular complexity index is 564. The summed E-state index contributed by atoms with van der Waals surface area (Å²) in [6, 6.07) is 11.6. The van der Waals surface area contributed by atoms with E-state index < -0.39 is 0 Å². The number of carbonyl (C=O) groups excluding carboxylic acids is 1. The van der Waals surface area contributed by atoms with Crippen molar-refractivity contribution in [2.24, 2.45) is 0 Å². The van der Waals surface area contributed by atoms with Crippen LogP contribution >= 0.6 is 15.9 Å². The molecule has 21 heavy (non-hydrogen) atoms. The zero-order chi connectivity index (χ0) is 15.2. The lowest BCUT2D eigenvalue weighted by Gasteiger charge is -2.22. The number of hydrogen-bond donors (Lipinski definition) is 1. The van der Waals surface area contributed by atoms with E-state index in [4.69, 9.17) is 4.42 Å². The fourth-order valence-electron chi connectivity index (χ4n) is 2.08. The minimum Gasteiger partial charge on any atom is -0.468 e. The summed E-state index contributed by atoms with van der Waals surface area (Å²) in [5.74, 6) is 0.861. The zero-order valence-corrected chi connectivity index (χ0v) is 13.8. The molecule has 0 spiro atoms. The van der Waals surface area contributed by atoms with Gasteiger partial charge in [-0.2, -0.15) is 0 Å². The lowest BCUT2D eigenvalue weighted by atomic mass is 10.1. The third-order valence-electron chi connectivity index (χ3n) is 3.27. The van der Waals surface area contributed by atoms with Crippen LogP contribution in [0.3, 0.4) is 0 Å². The van der Waals surface area contributed by atoms with Gasteiger partial charge in [0, 0.05) is 11.0 Å². The number of amides is 1. The number of benzene rings is 1. The summed E-state index contributed by atoms with van der Waals surface area (Å²) in [5.41, 5.74) is 0.995. The molecule has 0 fully saturated rings. The molecule has 5 heteroatoms. The van der Waals surface area contributed by atoms with Crippen LogP contribution in [0.2, 0.25) is 0 Å². The second kappa shape index (κ2) is 7.43. The molecule has 0 aliphatic carbocycles. The van der Waals surface area contributed by atoms with Gasteiger partial charge in [-0.25, -0.2) is 0 Å². The van der Waals surface area contributed by atoms with E-state index in [1.807, 2.05) is 55.4 Å². The van der Waals surface area contributed by atoms with Gasteiger partial charge in [-0.3, -0.25) is 9.69 Å². The highest BCUT2D eigenvalue weighted by atomic mass is 79.9. The monoisotopic (exact) mass is 350 g/mol. The second-order valence-corrected chi connectivity index (χ2v) is 6.02. The predicted molar refractivity (Wildman–Crippen MR) is 86.0 cm³/mol. The van der Waals surface area contributed by atoms with Gasteiger partial charge < -0.3 is 9.73 Å². The third kappa shape index (κ3) is 4.72. The van der Waals surface area contributed by atoms with Crippen LogP contribution in [0.25, 0.3) is 0 Å². The molecule has 1 aromatic carbocycles. The van der Waals surface area contributed by atoms with Crippen molar-refractivity contribution in [1.29, 1.82) is 0 Å². The molecule has 112 valence electrons. The van der Waals surface area contributed by atoms with Gasteiger partial charge in [0.25, 0.3) is 0 Å². The number of nitrogens with one attached hydrogen (secondary N) is 1. The molecule has 1 atom stereocenters. The number of furan rings is 1. The first-order valence-electron chi connectivity index (χ1n) is 6.77. The molecule has 1 amide bonds. The standard InChI is InChI=1S/C16H19BrN2O2/c1-19(2)14(15-4-3-9-21-15)11-18-16(20)10-12-5-7-13(17)8-6-12/h3-9,14H,10-11H2,1-2H3,(H,18,20). The number of hydrogen-bond acceptors (Lipinski definition) is 3. The van der Waals surface area contributed by atoms with Gasteiger partial charge in [-0.15, -0.1) is 0 Å². The fourth-order valence-corrected chi connectivity index (χ4v) is 2.34. The molecular formula is C16H19BrN2O2. The topological polar surface area (TPSA) is 45.5 Å². The minimum atomic E-state index is 0.00993. The van der Waals surface area contributed by atoms with E-state index in [0.29, 0.717) is 13.0 Å². The number of likely N-dealkylation sites (N-methyl/N-ethyl adjacent to an activating group) is 1. The molecule has 1 N–H and O–H groups in total. The summed E-state index contributed by atoms with van der Waals surface area (Å²) in [5, 5.41) is 2.96. The second-order valence-electron chi connectivity index (χ2n) is 5.10. The quantitative estimate of drug-likeness (QED) is 0.870. The van der Waals surface area contributed by atoms with Gasteiger partial charge in [0.2, 0.25) is 5.91 Å². The van der Waals surface area contributed by atoms with Gasteiger partial charge >= 0.3 is 0 Å². The molecule has 0 saturated heterocycles. The van der Waals surface area contributed by atoms with Crippen LogP contribution in [0.15, 0.2) is 51.6 Å². The van der Waals surface area contributed by atoms with Gasteiger partial charge in [0.1, 0.15) is 5.76 Å². The highest BCUT2D eigenvalue weighted by Gasteiger charge is 2.17. The van der Waals surface area contributed by atoms with Crippen molar-refractivity contribution in [1.82, 2.24) is 10.2 Å². The summed E-state index contributed by atoms with van der Waals surface area (Å²) in [4.78, 5) is 14.0. The average molecular weight is 351 g/mol. The molecule has 0 bridgehead atoms. The summed E-state index contributed by atoms with van der Waals surface area (Å²) in [6.45, 7) is 0.524. The van der Waals surface area contributed by atoms with Crippen LogP contribution in [0.1, 0.15) is 17.4 Å². The third-order valence-corrected chi connectivity index (χ3v) is 3.79. The van der Waals surface area contributed by atoms with Gasteiger partial charge in [-0.1, -0.05) is 28.1 Å². The lowest BCUT2D eigenvalue weighted by molar-refractivity contribution is -0.120. The van der Waals surface area contributed by atoms with Crippen LogP contribution in [-0.2, 0) is 11.2 Å². The highest BCUT2D eigenvalue weighted by Crippen LogP contribution is 2.17. The smallest absolute Gasteiger partial charge is 0.224 e. The van der Waals surface area contributed by atoms with E-state index in [0.717, 1.165) is 15.8 Å².